The van der Waals surface area contributed by atoms with E-state index in [0.717, 1.165) is 24.8 Å². The third-order valence-corrected chi connectivity index (χ3v) is 7.78. The molecule has 3 fully saturated rings. The van der Waals surface area contributed by atoms with Crippen molar-refractivity contribution in [2.45, 2.75) is 37.6 Å². The number of amides is 3. The molecule has 2 aliphatic heterocycles. The topological polar surface area (TPSA) is 90.0 Å². The highest BCUT2D eigenvalue weighted by molar-refractivity contribution is 7.92. The van der Waals surface area contributed by atoms with Crippen LogP contribution < -0.4 is 5.32 Å². The zero-order valence-corrected chi connectivity index (χ0v) is 17.8. The summed E-state index contributed by atoms with van der Waals surface area (Å²) >= 11 is 0. The molecular formula is C21H28N4O4S. The number of carbonyl (C=O) groups is 2. The summed E-state index contributed by atoms with van der Waals surface area (Å²) in [5, 5.41) is 4.16. The van der Waals surface area contributed by atoms with Gasteiger partial charge in [0.05, 0.1) is 6.67 Å². The molecule has 3 aliphatic rings. The lowest BCUT2D eigenvalue weighted by Gasteiger charge is -2.35. The van der Waals surface area contributed by atoms with Crippen molar-refractivity contribution >= 4 is 28.0 Å². The van der Waals surface area contributed by atoms with Crippen LogP contribution in [0.1, 0.15) is 37.7 Å². The van der Waals surface area contributed by atoms with Gasteiger partial charge in [0, 0.05) is 31.6 Å². The summed E-state index contributed by atoms with van der Waals surface area (Å²) in [6, 6.07) is 8.97. The highest BCUT2D eigenvalue weighted by Gasteiger charge is 2.51. The molecule has 4 rings (SSSR count). The maximum absolute atomic E-state index is 12.9. The first-order chi connectivity index (χ1) is 14.4. The Balaban J connectivity index is 1.33. The molecule has 8 nitrogen and oxygen atoms in total. The van der Waals surface area contributed by atoms with Gasteiger partial charge in [-0.3, -0.25) is 9.69 Å². The second kappa shape index (κ2) is 8.49. The summed E-state index contributed by atoms with van der Waals surface area (Å²) in [4.78, 5) is 28.6. The Morgan fingerprint density at radius 2 is 1.63 bits per heavy atom. The zero-order chi connectivity index (χ0) is 21.2. The van der Waals surface area contributed by atoms with E-state index < -0.39 is 15.6 Å². The van der Waals surface area contributed by atoms with Crippen LogP contribution in [0, 0.1) is 0 Å². The van der Waals surface area contributed by atoms with Crippen LogP contribution in [0.5, 0.6) is 0 Å². The average Bonchev–Trinajstić information content (AvgIpc) is 2.98. The number of rotatable bonds is 5. The highest BCUT2D eigenvalue weighted by atomic mass is 32.2. The Hall–Kier alpha value is -2.23. The Morgan fingerprint density at radius 1 is 0.967 bits per heavy atom. The predicted octanol–water partition coefficient (Wildman–Crippen LogP) is 1.82. The Labute approximate surface area is 177 Å². The van der Waals surface area contributed by atoms with Gasteiger partial charge in [-0.1, -0.05) is 49.6 Å². The van der Waals surface area contributed by atoms with Crippen LogP contribution in [-0.2, 0) is 14.8 Å². The fourth-order valence-corrected chi connectivity index (χ4v) is 5.61. The number of hydrogen-bond acceptors (Lipinski definition) is 5. The molecule has 0 unspecified atom stereocenters. The maximum Gasteiger partial charge on any atom is 0.326 e. The largest absolute Gasteiger partial charge is 0.326 e. The number of hydrogen-bond donors (Lipinski definition) is 1. The number of sulfonamides is 1. The minimum Gasteiger partial charge on any atom is -0.323 e. The third-order valence-electron chi connectivity index (χ3n) is 6.22. The van der Waals surface area contributed by atoms with Gasteiger partial charge < -0.3 is 5.32 Å². The number of nitrogens with one attached hydrogen (secondary N) is 1. The minimum absolute atomic E-state index is 0.131. The number of urea groups is 1. The Morgan fingerprint density at radius 3 is 2.30 bits per heavy atom. The molecule has 0 aromatic heterocycles. The quantitative estimate of drug-likeness (QED) is 0.717. The van der Waals surface area contributed by atoms with Crippen LogP contribution in [0.4, 0.5) is 4.79 Å². The van der Waals surface area contributed by atoms with Gasteiger partial charge >= 0.3 is 6.03 Å². The van der Waals surface area contributed by atoms with E-state index in [-0.39, 0.29) is 18.6 Å². The smallest absolute Gasteiger partial charge is 0.323 e. The second-order valence-corrected chi connectivity index (χ2v) is 10.0. The van der Waals surface area contributed by atoms with Gasteiger partial charge in [-0.25, -0.2) is 18.1 Å². The molecule has 2 heterocycles. The van der Waals surface area contributed by atoms with Gasteiger partial charge in [-0.15, -0.1) is 0 Å². The predicted molar refractivity (Wildman–Crippen MR) is 114 cm³/mol. The fraction of sp³-hybridized carbons (Fsp3) is 0.524. The number of imide groups is 1. The summed E-state index contributed by atoms with van der Waals surface area (Å²) in [7, 11) is -3.51. The summed E-state index contributed by atoms with van der Waals surface area (Å²) in [5.41, 5.74) is 0.109. The molecule has 1 spiro atoms. The van der Waals surface area contributed by atoms with E-state index in [0.29, 0.717) is 39.0 Å². The number of piperazine rings is 1. The van der Waals surface area contributed by atoms with Gasteiger partial charge in [0.25, 0.3) is 5.91 Å². The van der Waals surface area contributed by atoms with E-state index in [1.807, 2.05) is 35.2 Å². The normalized spacial score (nSPS) is 23.4. The SMILES string of the molecule is O=C1NC2(CCCCC2)C(=O)N1CN1CCN(S(=O)(=O)/C=C/c2ccccc2)CC1. The van der Waals surface area contributed by atoms with Crippen molar-refractivity contribution < 1.29 is 18.0 Å². The first-order valence-corrected chi connectivity index (χ1v) is 12.0. The Bertz CT molecular complexity index is 918. The van der Waals surface area contributed by atoms with Crippen LogP contribution in [0.25, 0.3) is 6.08 Å². The summed E-state index contributed by atoms with van der Waals surface area (Å²) in [6.45, 7) is 1.82. The average molecular weight is 433 g/mol. The molecule has 1 aromatic carbocycles. The van der Waals surface area contributed by atoms with Gasteiger partial charge in [-0.05, 0) is 24.5 Å². The molecule has 0 bridgehead atoms. The number of nitrogens with zero attached hydrogens (tertiary/aromatic N) is 3. The van der Waals surface area contributed by atoms with Crippen molar-refractivity contribution in [1.29, 1.82) is 0 Å². The molecular weight excluding hydrogens is 404 g/mol. The lowest BCUT2D eigenvalue weighted by atomic mass is 9.82. The van der Waals surface area contributed by atoms with Crippen LogP contribution in [0.15, 0.2) is 35.7 Å². The monoisotopic (exact) mass is 432 g/mol. The van der Waals surface area contributed by atoms with Crippen molar-refractivity contribution in [1.82, 2.24) is 19.4 Å². The van der Waals surface area contributed by atoms with Crippen LogP contribution in [0.2, 0.25) is 0 Å². The van der Waals surface area contributed by atoms with Crippen molar-refractivity contribution in [3.05, 3.63) is 41.3 Å². The second-order valence-electron chi connectivity index (χ2n) is 8.22. The van der Waals surface area contributed by atoms with E-state index in [1.54, 1.807) is 6.08 Å². The molecule has 1 aromatic rings. The van der Waals surface area contributed by atoms with Crippen molar-refractivity contribution in [2.24, 2.45) is 0 Å². The first-order valence-electron chi connectivity index (χ1n) is 10.5. The van der Waals surface area contributed by atoms with Crippen molar-refractivity contribution in [3.8, 4) is 0 Å². The number of carbonyl (C=O) groups excluding carboxylic acids is 2. The van der Waals surface area contributed by atoms with Gasteiger partial charge in [-0.2, -0.15) is 4.31 Å². The fourth-order valence-electron chi connectivity index (χ4n) is 4.44. The van der Waals surface area contributed by atoms with Crippen molar-refractivity contribution in [2.75, 3.05) is 32.8 Å². The lowest BCUT2D eigenvalue weighted by Crippen LogP contribution is -2.53. The molecule has 0 radical (unpaired) electrons. The van der Waals surface area contributed by atoms with Gasteiger partial charge in [0.2, 0.25) is 10.0 Å². The third kappa shape index (κ3) is 4.28. The van der Waals surface area contributed by atoms with Crippen LogP contribution in [-0.4, -0.2) is 72.8 Å². The molecule has 9 heteroatoms. The van der Waals surface area contributed by atoms with E-state index in [1.165, 1.54) is 14.6 Å². The maximum atomic E-state index is 12.9. The van der Waals surface area contributed by atoms with Crippen molar-refractivity contribution in [3.63, 3.8) is 0 Å². The summed E-state index contributed by atoms with van der Waals surface area (Å²) < 4.78 is 26.7. The molecule has 2 saturated heterocycles. The van der Waals surface area contributed by atoms with E-state index in [9.17, 15) is 18.0 Å². The van der Waals surface area contributed by atoms with E-state index in [4.69, 9.17) is 0 Å². The number of benzene rings is 1. The minimum atomic E-state index is -3.51. The molecule has 162 valence electrons. The first kappa shape index (κ1) is 21.0. The molecule has 30 heavy (non-hydrogen) atoms. The molecule has 1 saturated carbocycles. The zero-order valence-electron chi connectivity index (χ0n) is 17.0. The summed E-state index contributed by atoms with van der Waals surface area (Å²) in [5.74, 6) is -0.131. The lowest BCUT2D eigenvalue weighted by molar-refractivity contribution is -0.134. The van der Waals surface area contributed by atoms with Gasteiger partial charge in [0.15, 0.2) is 0 Å². The Kier molecular flexibility index (Phi) is 5.95. The van der Waals surface area contributed by atoms with Crippen LogP contribution in [0.3, 0.4) is 0 Å². The highest BCUT2D eigenvalue weighted by Crippen LogP contribution is 2.33. The molecule has 1 aliphatic carbocycles. The van der Waals surface area contributed by atoms with E-state index >= 15 is 0 Å². The van der Waals surface area contributed by atoms with Crippen LogP contribution >= 0.6 is 0 Å². The van der Waals surface area contributed by atoms with E-state index in [2.05, 4.69) is 5.32 Å². The molecule has 1 N–H and O–H groups in total. The van der Waals surface area contributed by atoms with Gasteiger partial charge in [0.1, 0.15) is 5.54 Å². The molecule has 0 atom stereocenters. The molecule has 3 amide bonds. The standard InChI is InChI=1S/C21H28N4O4S/c26-19-21(10-5-2-6-11-21)22-20(27)25(19)17-23-12-14-24(15-13-23)30(28,29)16-9-18-7-3-1-4-8-18/h1,3-4,7-9,16H,2,5-6,10-15,17H2,(H,22,27)/b16-9+. The summed E-state index contributed by atoms with van der Waals surface area (Å²) in [6.07, 6.45) is 6.00.